The molecule has 0 saturated carbocycles. The molecule has 2 N–H and O–H groups in total. The molecule has 1 unspecified atom stereocenters. The molecule has 0 aliphatic carbocycles. The summed E-state index contributed by atoms with van der Waals surface area (Å²) in [5.41, 5.74) is 2.12. The minimum absolute atomic E-state index is 0.0626. The lowest BCUT2D eigenvalue weighted by Crippen LogP contribution is -2.36. The molecule has 2 fully saturated rings. The van der Waals surface area contributed by atoms with Gasteiger partial charge >= 0.3 is 0 Å². The van der Waals surface area contributed by atoms with E-state index < -0.39 is 0 Å². The van der Waals surface area contributed by atoms with Gasteiger partial charge in [0.2, 0.25) is 17.8 Å². The second-order valence-corrected chi connectivity index (χ2v) is 7.87. The first-order chi connectivity index (χ1) is 15.2. The molecule has 3 heterocycles. The van der Waals surface area contributed by atoms with Crippen LogP contribution in [0.5, 0.6) is 0 Å². The number of nitrogens with zero attached hydrogens (tertiary/aromatic N) is 6. The van der Waals surface area contributed by atoms with E-state index in [0.717, 1.165) is 64.5 Å². The van der Waals surface area contributed by atoms with Gasteiger partial charge < -0.3 is 29.9 Å². The van der Waals surface area contributed by atoms with Crippen molar-refractivity contribution in [1.82, 2.24) is 15.0 Å². The fourth-order valence-corrected chi connectivity index (χ4v) is 4.18. The molecule has 0 bridgehead atoms. The van der Waals surface area contributed by atoms with E-state index in [2.05, 4.69) is 63.1 Å². The molecule has 1 aromatic heterocycles. The Morgan fingerprint density at radius 3 is 2.48 bits per heavy atom. The third-order valence-corrected chi connectivity index (χ3v) is 6.00. The van der Waals surface area contributed by atoms with Crippen LogP contribution in [0, 0.1) is 0 Å². The molecule has 168 valence electrons. The van der Waals surface area contributed by atoms with Crippen molar-refractivity contribution in [3.8, 4) is 0 Å². The zero-order valence-corrected chi connectivity index (χ0v) is 18.5. The van der Waals surface area contributed by atoms with Crippen molar-refractivity contribution >= 4 is 29.2 Å². The van der Waals surface area contributed by atoms with Crippen molar-refractivity contribution in [2.45, 2.75) is 32.7 Å². The van der Waals surface area contributed by atoms with Crippen molar-refractivity contribution in [3.05, 3.63) is 24.3 Å². The van der Waals surface area contributed by atoms with Crippen molar-refractivity contribution < 1.29 is 9.84 Å². The van der Waals surface area contributed by atoms with E-state index in [1.54, 1.807) is 0 Å². The van der Waals surface area contributed by atoms with Gasteiger partial charge in [0.25, 0.3) is 0 Å². The van der Waals surface area contributed by atoms with E-state index in [0.29, 0.717) is 17.8 Å². The lowest BCUT2D eigenvalue weighted by Gasteiger charge is -2.29. The van der Waals surface area contributed by atoms with Crippen LogP contribution in [0.25, 0.3) is 0 Å². The highest BCUT2D eigenvalue weighted by Gasteiger charge is 2.27. The van der Waals surface area contributed by atoms with Gasteiger partial charge in [0.1, 0.15) is 0 Å². The number of anilines is 5. The van der Waals surface area contributed by atoms with E-state index in [9.17, 15) is 5.11 Å². The molecular formula is C22H33N7O2. The maximum absolute atomic E-state index is 9.76. The van der Waals surface area contributed by atoms with Crippen molar-refractivity contribution in [2.24, 2.45) is 0 Å². The first-order valence-electron chi connectivity index (χ1n) is 11.3. The summed E-state index contributed by atoms with van der Waals surface area (Å²) in [6.07, 6.45) is 1.98. The molecular weight excluding hydrogens is 394 g/mol. The van der Waals surface area contributed by atoms with Gasteiger partial charge in [-0.05, 0) is 51.0 Å². The molecule has 2 aliphatic rings. The molecule has 0 amide bonds. The largest absolute Gasteiger partial charge is 0.394 e. The number of hydrogen-bond donors (Lipinski definition) is 2. The van der Waals surface area contributed by atoms with Crippen LogP contribution in [0.3, 0.4) is 0 Å². The van der Waals surface area contributed by atoms with Gasteiger partial charge in [-0.2, -0.15) is 15.0 Å². The van der Waals surface area contributed by atoms with Gasteiger partial charge in [0.05, 0.1) is 25.9 Å². The van der Waals surface area contributed by atoms with Gasteiger partial charge in [0.15, 0.2) is 0 Å². The summed E-state index contributed by atoms with van der Waals surface area (Å²) in [6, 6.07) is 8.40. The number of aliphatic hydroxyl groups excluding tert-OH is 1. The zero-order valence-electron chi connectivity index (χ0n) is 18.5. The molecule has 4 rings (SSSR count). The first-order valence-corrected chi connectivity index (χ1v) is 11.3. The number of hydrogen-bond acceptors (Lipinski definition) is 9. The maximum Gasteiger partial charge on any atom is 0.233 e. The van der Waals surface area contributed by atoms with Crippen molar-refractivity contribution in [2.75, 3.05) is 72.6 Å². The summed E-state index contributed by atoms with van der Waals surface area (Å²) in [5.74, 6) is 1.81. The highest BCUT2D eigenvalue weighted by Crippen LogP contribution is 2.26. The van der Waals surface area contributed by atoms with Gasteiger partial charge in [-0.3, -0.25) is 0 Å². The molecule has 1 atom stereocenters. The summed E-state index contributed by atoms with van der Waals surface area (Å²) in [4.78, 5) is 20.7. The molecule has 9 nitrogen and oxygen atoms in total. The number of aromatic nitrogens is 3. The topological polar surface area (TPSA) is 89.9 Å². The van der Waals surface area contributed by atoms with Crippen LogP contribution >= 0.6 is 0 Å². The van der Waals surface area contributed by atoms with Crippen LogP contribution < -0.4 is 20.0 Å². The van der Waals surface area contributed by atoms with Crippen LogP contribution in [0.15, 0.2) is 24.3 Å². The first kappa shape index (κ1) is 21.6. The SMILES string of the molecule is CCN(CC)c1nc(Nc2ccc(N3CCOCC3)cc2)nc(N2CCCC2CO)n1. The number of nitrogens with one attached hydrogen (secondary N) is 1. The van der Waals surface area contributed by atoms with Crippen molar-refractivity contribution in [1.29, 1.82) is 0 Å². The highest BCUT2D eigenvalue weighted by molar-refractivity contribution is 5.61. The smallest absolute Gasteiger partial charge is 0.233 e. The molecule has 2 saturated heterocycles. The van der Waals surface area contributed by atoms with Crippen LogP contribution in [0.1, 0.15) is 26.7 Å². The summed E-state index contributed by atoms with van der Waals surface area (Å²) < 4.78 is 5.44. The second kappa shape index (κ2) is 10.1. The summed E-state index contributed by atoms with van der Waals surface area (Å²) in [7, 11) is 0. The van der Waals surface area contributed by atoms with Crippen LogP contribution in [0.4, 0.5) is 29.2 Å². The van der Waals surface area contributed by atoms with E-state index >= 15 is 0 Å². The van der Waals surface area contributed by atoms with Crippen LogP contribution in [-0.2, 0) is 4.74 Å². The number of aliphatic hydroxyl groups is 1. The molecule has 0 spiro atoms. The third kappa shape index (κ3) is 4.99. The molecule has 2 aromatic rings. The monoisotopic (exact) mass is 427 g/mol. The number of benzene rings is 1. The van der Waals surface area contributed by atoms with E-state index in [1.807, 2.05) is 0 Å². The summed E-state index contributed by atoms with van der Waals surface area (Å²) in [5, 5.41) is 13.1. The van der Waals surface area contributed by atoms with Gasteiger partial charge in [-0.1, -0.05) is 0 Å². The van der Waals surface area contributed by atoms with Gasteiger partial charge in [-0.25, -0.2) is 0 Å². The predicted octanol–water partition coefficient (Wildman–Crippen LogP) is 2.26. The van der Waals surface area contributed by atoms with Crippen LogP contribution in [0.2, 0.25) is 0 Å². The Morgan fingerprint density at radius 1 is 1.06 bits per heavy atom. The predicted molar refractivity (Wildman–Crippen MR) is 124 cm³/mol. The van der Waals surface area contributed by atoms with E-state index in [-0.39, 0.29) is 12.6 Å². The standard InChI is InChI=1S/C22H33N7O2/c1-3-27(4-2)21-24-20(25-22(26-21)29-11-5-6-19(29)16-30)23-17-7-9-18(10-8-17)28-12-14-31-15-13-28/h7-10,19,30H,3-6,11-16H2,1-2H3,(H,23,24,25,26). The number of ether oxygens (including phenoxy) is 1. The number of rotatable bonds is 8. The Balaban J connectivity index is 1.57. The normalized spacial score (nSPS) is 19.0. The summed E-state index contributed by atoms with van der Waals surface area (Å²) in [6.45, 7) is 10.2. The lowest BCUT2D eigenvalue weighted by molar-refractivity contribution is 0.122. The minimum Gasteiger partial charge on any atom is -0.394 e. The molecule has 31 heavy (non-hydrogen) atoms. The van der Waals surface area contributed by atoms with E-state index in [4.69, 9.17) is 14.7 Å². The Labute approximate surface area is 184 Å². The molecule has 2 aliphatic heterocycles. The van der Waals surface area contributed by atoms with Crippen molar-refractivity contribution in [3.63, 3.8) is 0 Å². The molecule has 0 radical (unpaired) electrons. The highest BCUT2D eigenvalue weighted by atomic mass is 16.5. The fourth-order valence-electron chi connectivity index (χ4n) is 4.18. The minimum atomic E-state index is 0.0626. The zero-order chi connectivity index (χ0) is 21.6. The average Bonchev–Trinajstić information content (AvgIpc) is 3.30. The second-order valence-electron chi connectivity index (χ2n) is 7.87. The fraction of sp³-hybridized carbons (Fsp3) is 0.591. The summed E-state index contributed by atoms with van der Waals surface area (Å²) >= 11 is 0. The number of morpholine rings is 1. The Morgan fingerprint density at radius 2 is 1.81 bits per heavy atom. The van der Waals surface area contributed by atoms with Gasteiger partial charge in [-0.15, -0.1) is 0 Å². The van der Waals surface area contributed by atoms with Crippen LogP contribution in [-0.4, -0.2) is 78.6 Å². The Bertz CT molecular complexity index is 838. The van der Waals surface area contributed by atoms with E-state index in [1.165, 1.54) is 5.69 Å². The third-order valence-electron chi connectivity index (χ3n) is 6.00. The maximum atomic E-state index is 9.76. The Hall–Kier alpha value is -2.65. The van der Waals surface area contributed by atoms with Gasteiger partial charge in [0, 0.05) is 44.1 Å². The lowest BCUT2D eigenvalue weighted by atomic mass is 10.2. The average molecular weight is 428 g/mol. The molecule has 9 heteroatoms. The quantitative estimate of drug-likeness (QED) is 0.658. The Kier molecular flexibility index (Phi) is 7.03. The molecule has 1 aromatic carbocycles.